The van der Waals surface area contributed by atoms with Gasteiger partial charge in [-0.2, -0.15) is 0 Å². The van der Waals surface area contributed by atoms with E-state index in [0.29, 0.717) is 0 Å². The summed E-state index contributed by atoms with van der Waals surface area (Å²) in [4.78, 5) is 52.1. The molecule has 1 aliphatic heterocycles. The van der Waals surface area contributed by atoms with Gasteiger partial charge < -0.3 is 39.1 Å². The van der Waals surface area contributed by atoms with Gasteiger partial charge in [0.2, 0.25) is 6.10 Å². The van der Waals surface area contributed by atoms with Gasteiger partial charge in [0, 0.05) is 47.0 Å². The minimum atomic E-state index is -1.79. The van der Waals surface area contributed by atoms with Gasteiger partial charge in [0.1, 0.15) is 17.2 Å². The SMILES string of the molecule is COC(OC)[C@H]1C[C@](C)(OC(C)=O)[C@H]2OC(=O)[C@@H](OC(C)=O)[C@]1(NC(=O)NCc1ccccc1)C2OCc1ccccc1. The Morgan fingerprint density at radius 1 is 0.953 bits per heavy atom. The summed E-state index contributed by atoms with van der Waals surface area (Å²) in [6, 6.07) is 17.8. The summed E-state index contributed by atoms with van der Waals surface area (Å²) in [6.45, 7) is 4.19. The van der Waals surface area contributed by atoms with Crippen LogP contribution in [-0.4, -0.2) is 73.9 Å². The second-order valence-electron chi connectivity index (χ2n) is 10.8. The van der Waals surface area contributed by atoms with E-state index in [9.17, 15) is 19.2 Å². The smallest absolute Gasteiger partial charge is 0.350 e. The van der Waals surface area contributed by atoms with Gasteiger partial charge in [0.25, 0.3) is 0 Å². The molecule has 2 aliphatic rings. The maximum atomic E-state index is 13.7. The molecule has 1 saturated carbocycles. The van der Waals surface area contributed by atoms with Gasteiger partial charge in [0.15, 0.2) is 12.4 Å². The van der Waals surface area contributed by atoms with Crippen molar-refractivity contribution >= 4 is 23.9 Å². The molecule has 1 heterocycles. The third kappa shape index (κ3) is 6.82. The fourth-order valence-electron chi connectivity index (χ4n) is 6.14. The number of esters is 3. The lowest BCUT2D eigenvalue weighted by Crippen LogP contribution is -2.84. The average molecular weight is 599 g/mol. The largest absolute Gasteiger partial charge is 0.455 e. The molecule has 2 bridgehead atoms. The number of amides is 2. The first-order valence-electron chi connectivity index (χ1n) is 13.9. The van der Waals surface area contributed by atoms with E-state index in [1.165, 1.54) is 21.1 Å². The summed E-state index contributed by atoms with van der Waals surface area (Å²) >= 11 is 0. The van der Waals surface area contributed by atoms with Crippen molar-refractivity contribution in [2.75, 3.05) is 14.2 Å². The number of hydrogen-bond acceptors (Lipinski definition) is 10. The number of carbonyl (C=O) groups excluding carboxylic acids is 4. The Morgan fingerprint density at radius 2 is 1.56 bits per heavy atom. The highest BCUT2D eigenvalue weighted by molar-refractivity contribution is 5.85. The topological polar surface area (TPSA) is 148 Å². The van der Waals surface area contributed by atoms with Crippen molar-refractivity contribution in [2.24, 2.45) is 5.92 Å². The number of carbonyl (C=O) groups is 4. The summed E-state index contributed by atoms with van der Waals surface area (Å²) in [5.41, 5.74) is -1.61. The summed E-state index contributed by atoms with van der Waals surface area (Å²) in [7, 11) is 2.79. The molecule has 2 aromatic carbocycles. The fraction of sp³-hybridized carbons (Fsp3) is 0.484. The Bertz CT molecular complexity index is 1290. The standard InChI is InChI=1S/C31H38N2O10/c1-19(34)41-26-27(36)42-24-25(40-18-22-14-10-7-11-15-22)31(26,33-29(37)32-17-21-12-8-6-9-13-21)23(28(38-4)39-5)16-30(24,3)43-20(2)35/h6-15,23-26,28H,16-18H2,1-5H3,(H2,32,33,37)/t23-,24+,25?,26-,30+,31-/m1/s1. The second kappa shape index (κ2) is 13.5. The van der Waals surface area contributed by atoms with Crippen LogP contribution in [0.5, 0.6) is 0 Å². The van der Waals surface area contributed by atoms with Crippen molar-refractivity contribution < 1.29 is 47.6 Å². The zero-order chi connectivity index (χ0) is 31.2. The molecular weight excluding hydrogens is 560 g/mol. The molecule has 0 aromatic heterocycles. The zero-order valence-corrected chi connectivity index (χ0v) is 24.9. The Hall–Kier alpha value is -4.00. The number of rotatable bonds is 11. The van der Waals surface area contributed by atoms with Gasteiger partial charge in [-0.3, -0.25) is 9.59 Å². The molecule has 0 spiro atoms. The summed E-state index contributed by atoms with van der Waals surface area (Å²) in [5, 5.41) is 5.75. The zero-order valence-electron chi connectivity index (χ0n) is 24.9. The molecule has 2 aromatic rings. The molecule has 1 unspecified atom stereocenters. The quantitative estimate of drug-likeness (QED) is 0.225. The molecule has 2 N–H and O–H groups in total. The molecule has 12 nitrogen and oxygen atoms in total. The molecule has 4 rings (SSSR count). The third-order valence-electron chi connectivity index (χ3n) is 7.83. The Kier molecular flexibility index (Phi) is 10.0. The molecule has 12 heteroatoms. The van der Waals surface area contributed by atoms with Crippen LogP contribution < -0.4 is 10.6 Å². The van der Waals surface area contributed by atoms with Crippen LogP contribution in [0.3, 0.4) is 0 Å². The molecule has 1 saturated heterocycles. The number of fused-ring (bicyclic) bond motifs is 2. The van der Waals surface area contributed by atoms with E-state index >= 15 is 0 Å². The molecule has 0 radical (unpaired) electrons. The normalized spacial score (nSPS) is 28.0. The number of nitrogens with one attached hydrogen (secondary N) is 2. The number of ether oxygens (including phenoxy) is 6. The van der Waals surface area contributed by atoms with Gasteiger partial charge in [0.05, 0.1) is 6.61 Å². The molecule has 43 heavy (non-hydrogen) atoms. The van der Waals surface area contributed by atoms with Crippen molar-refractivity contribution in [1.29, 1.82) is 0 Å². The monoisotopic (exact) mass is 598 g/mol. The van der Waals surface area contributed by atoms with E-state index < -0.39 is 65.6 Å². The fourth-order valence-corrected chi connectivity index (χ4v) is 6.14. The lowest BCUT2D eigenvalue weighted by molar-refractivity contribution is -0.298. The van der Waals surface area contributed by atoms with Crippen LogP contribution in [-0.2, 0) is 56.0 Å². The first-order valence-corrected chi connectivity index (χ1v) is 13.9. The van der Waals surface area contributed by atoms with Crippen molar-refractivity contribution in [2.45, 2.75) is 76.1 Å². The first-order chi connectivity index (χ1) is 20.5. The van der Waals surface area contributed by atoms with E-state index in [0.717, 1.165) is 18.1 Å². The molecule has 2 fully saturated rings. The molecule has 6 atom stereocenters. The van der Waals surface area contributed by atoms with E-state index in [1.807, 2.05) is 60.7 Å². The van der Waals surface area contributed by atoms with Crippen LogP contribution in [0.1, 0.15) is 38.3 Å². The van der Waals surface area contributed by atoms with Crippen LogP contribution in [0.2, 0.25) is 0 Å². The van der Waals surface area contributed by atoms with Gasteiger partial charge in [-0.25, -0.2) is 9.59 Å². The van der Waals surface area contributed by atoms with Crippen molar-refractivity contribution in [3.63, 3.8) is 0 Å². The highest BCUT2D eigenvalue weighted by Crippen LogP contribution is 2.52. The van der Waals surface area contributed by atoms with Crippen LogP contribution >= 0.6 is 0 Å². The molecule has 232 valence electrons. The van der Waals surface area contributed by atoms with Crippen molar-refractivity contribution in [3.05, 3.63) is 71.8 Å². The van der Waals surface area contributed by atoms with Crippen LogP contribution in [0, 0.1) is 5.92 Å². The molecular formula is C31H38N2O10. The maximum absolute atomic E-state index is 13.7. The van der Waals surface area contributed by atoms with Crippen LogP contribution in [0.25, 0.3) is 0 Å². The van der Waals surface area contributed by atoms with Gasteiger partial charge >= 0.3 is 23.9 Å². The summed E-state index contributed by atoms with van der Waals surface area (Å²) in [6.07, 6.45) is -5.16. The number of hydrogen-bond donors (Lipinski definition) is 2. The van der Waals surface area contributed by atoms with Gasteiger partial charge in [-0.1, -0.05) is 60.7 Å². The Balaban J connectivity index is 1.86. The van der Waals surface area contributed by atoms with Gasteiger partial charge in [-0.05, 0) is 18.1 Å². The Morgan fingerprint density at radius 3 is 2.12 bits per heavy atom. The van der Waals surface area contributed by atoms with Gasteiger partial charge in [-0.15, -0.1) is 0 Å². The second-order valence-corrected chi connectivity index (χ2v) is 10.8. The lowest BCUT2D eigenvalue weighted by atomic mass is 9.59. The molecule has 2 amide bonds. The highest BCUT2D eigenvalue weighted by Gasteiger charge is 2.73. The van der Waals surface area contributed by atoms with E-state index in [1.54, 1.807) is 6.92 Å². The minimum Gasteiger partial charge on any atom is -0.455 e. The lowest BCUT2D eigenvalue weighted by Gasteiger charge is -2.61. The van der Waals surface area contributed by atoms with Crippen LogP contribution in [0.15, 0.2) is 60.7 Å². The van der Waals surface area contributed by atoms with Crippen molar-refractivity contribution in [3.8, 4) is 0 Å². The third-order valence-corrected chi connectivity index (χ3v) is 7.83. The van der Waals surface area contributed by atoms with E-state index in [2.05, 4.69) is 10.6 Å². The number of benzene rings is 2. The highest BCUT2D eigenvalue weighted by atomic mass is 16.7. The van der Waals surface area contributed by atoms with E-state index in [4.69, 9.17) is 28.4 Å². The Labute approximate surface area is 250 Å². The summed E-state index contributed by atoms with van der Waals surface area (Å²) in [5.74, 6) is -3.30. The summed E-state index contributed by atoms with van der Waals surface area (Å²) < 4.78 is 35.1. The number of methoxy groups -OCH3 is 2. The predicted molar refractivity (Wildman–Crippen MR) is 151 cm³/mol. The van der Waals surface area contributed by atoms with Crippen molar-refractivity contribution in [1.82, 2.24) is 10.6 Å². The maximum Gasteiger partial charge on any atom is 0.350 e. The first kappa shape index (κ1) is 31.9. The average Bonchev–Trinajstić information content (AvgIpc) is 2.97. The van der Waals surface area contributed by atoms with E-state index in [-0.39, 0.29) is 19.6 Å². The minimum absolute atomic E-state index is 0.0151. The number of urea groups is 1. The molecule has 1 aliphatic carbocycles. The predicted octanol–water partition coefficient (Wildman–Crippen LogP) is 2.63. The van der Waals surface area contributed by atoms with Crippen LogP contribution in [0.4, 0.5) is 4.79 Å².